The number of aryl methyl sites for hydroxylation is 1. The van der Waals surface area contributed by atoms with Crippen LogP contribution in [0.3, 0.4) is 0 Å². The molecule has 0 unspecified atom stereocenters. The number of anilines is 1. The SMILES string of the molecule is CCCNc1nc(-c2ccc(Br)c(F)c2)nc(C)c1C. The summed E-state index contributed by atoms with van der Waals surface area (Å²) in [4.78, 5) is 8.96. The molecule has 5 heteroatoms. The van der Waals surface area contributed by atoms with Crippen molar-refractivity contribution >= 4 is 21.7 Å². The van der Waals surface area contributed by atoms with Gasteiger partial charge in [-0.3, -0.25) is 0 Å². The van der Waals surface area contributed by atoms with E-state index in [1.54, 1.807) is 12.1 Å². The third kappa shape index (κ3) is 3.15. The van der Waals surface area contributed by atoms with Crippen LogP contribution in [0, 0.1) is 19.7 Å². The smallest absolute Gasteiger partial charge is 0.161 e. The van der Waals surface area contributed by atoms with Crippen LogP contribution in [0.25, 0.3) is 11.4 Å². The second-order valence-corrected chi connectivity index (χ2v) is 5.52. The second kappa shape index (κ2) is 6.31. The summed E-state index contributed by atoms with van der Waals surface area (Å²) in [7, 11) is 0. The van der Waals surface area contributed by atoms with E-state index in [1.165, 1.54) is 6.07 Å². The summed E-state index contributed by atoms with van der Waals surface area (Å²) in [5, 5.41) is 3.29. The van der Waals surface area contributed by atoms with Gasteiger partial charge in [0.25, 0.3) is 0 Å². The van der Waals surface area contributed by atoms with Gasteiger partial charge in [-0.2, -0.15) is 0 Å². The van der Waals surface area contributed by atoms with Crippen LogP contribution < -0.4 is 5.32 Å². The number of hydrogen-bond acceptors (Lipinski definition) is 3. The predicted molar refractivity (Wildman–Crippen MR) is 83.4 cm³/mol. The van der Waals surface area contributed by atoms with E-state index in [0.29, 0.717) is 15.9 Å². The van der Waals surface area contributed by atoms with Crippen molar-refractivity contribution in [1.29, 1.82) is 0 Å². The number of hydrogen-bond donors (Lipinski definition) is 1. The molecule has 0 radical (unpaired) electrons. The summed E-state index contributed by atoms with van der Waals surface area (Å²) in [6.45, 7) is 6.87. The van der Waals surface area contributed by atoms with Gasteiger partial charge in [0, 0.05) is 23.4 Å². The van der Waals surface area contributed by atoms with E-state index < -0.39 is 0 Å². The van der Waals surface area contributed by atoms with Crippen LogP contribution in [0.1, 0.15) is 24.6 Å². The fourth-order valence-corrected chi connectivity index (χ4v) is 2.06. The van der Waals surface area contributed by atoms with Crippen molar-refractivity contribution in [2.45, 2.75) is 27.2 Å². The third-order valence-electron chi connectivity index (χ3n) is 3.11. The van der Waals surface area contributed by atoms with Crippen molar-refractivity contribution in [1.82, 2.24) is 9.97 Å². The Labute approximate surface area is 126 Å². The lowest BCUT2D eigenvalue weighted by Crippen LogP contribution is -2.07. The Kier molecular flexibility index (Phi) is 4.70. The first-order chi connectivity index (χ1) is 9.52. The molecule has 0 saturated heterocycles. The molecule has 3 nitrogen and oxygen atoms in total. The van der Waals surface area contributed by atoms with E-state index in [4.69, 9.17) is 0 Å². The Balaban J connectivity index is 2.45. The topological polar surface area (TPSA) is 37.8 Å². The van der Waals surface area contributed by atoms with Crippen molar-refractivity contribution in [3.63, 3.8) is 0 Å². The molecule has 1 aromatic carbocycles. The highest BCUT2D eigenvalue weighted by molar-refractivity contribution is 9.10. The number of aromatic nitrogens is 2. The van der Waals surface area contributed by atoms with E-state index in [0.717, 1.165) is 30.0 Å². The number of rotatable bonds is 4. The van der Waals surface area contributed by atoms with E-state index >= 15 is 0 Å². The maximum absolute atomic E-state index is 13.6. The van der Waals surface area contributed by atoms with Gasteiger partial charge in [-0.1, -0.05) is 6.92 Å². The molecule has 2 rings (SSSR count). The molecule has 2 aromatic rings. The monoisotopic (exact) mass is 337 g/mol. The highest BCUT2D eigenvalue weighted by atomic mass is 79.9. The number of halogens is 2. The van der Waals surface area contributed by atoms with Gasteiger partial charge in [0.05, 0.1) is 4.47 Å². The largest absolute Gasteiger partial charge is 0.370 e. The average Bonchev–Trinajstić information content (AvgIpc) is 2.43. The zero-order valence-electron chi connectivity index (χ0n) is 11.8. The van der Waals surface area contributed by atoms with Gasteiger partial charge in [0.1, 0.15) is 11.6 Å². The van der Waals surface area contributed by atoms with Gasteiger partial charge in [-0.15, -0.1) is 0 Å². The standard InChI is InChI=1S/C15H17BrFN3/c1-4-7-18-14-9(2)10(3)19-15(20-14)11-5-6-12(16)13(17)8-11/h5-6,8H,4,7H2,1-3H3,(H,18,19,20). The van der Waals surface area contributed by atoms with E-state index in [-0.39, 0.29) is 5.82 Å². The summed E-state index contributed by atoms with van der Waals surface area (Å²) in [6.07, 6.45) is 1.02. The zero-order chi connectivity index (χ0) is 14.7. The minimum absolute atomic E-state index is 0.313. The van der Waals surface area contributed by atoms with Crippen molar-refractivity contribution in [3.05, 3.63) is 39.7 Å². The Morgan fingerprint density at radius 1 is 1.25 bits per heavy atom. The Bertz CT molecular complexity index is 629. The van der Waals surface area contributed by atoms with Gasteiger partial charge in [0.2, 0.25) is 0 Å². The molecule has 0 aliphatic heterocycles. The molecule has 20 heavy (non-hydrogen) atoms. The Morgan fingerprint density at radius 2 is 2.00 bits per heavy atom. The molecular formula is C15H17BrFN3. The minimum atomic E-state index is -0.313. The summed E-state index contributed by atoms with van der Waals surface area (Å²) in [6, 6.07) is 4.92. The normalized spacial score (nSPS) is 10.7. The van der Waals surface area contributed by atoms with Crippen molar-refractivity contribution < 1.29 is 4.39 Å². The van der Waals surface area contributed by atoms with Crippen LogP contribution >= 0.6 is 15.9 Å². The summed E-state index contributed by atoms with van der Waals surface area (Å²) in [5.41, 5.74) is 2.60. The van der Waals surface area contributed by atoms with Crippen molar-refractivity contribution in [2.75, 3.05) is 11.9 Å². The van der Waals surface area contributed by atoms with Crippen molar-refractivity contribution in [2.24, 2.45) is 0 Å². The molecular weight excluding hydrogens is 321 g/mol. The first-order valence-corrected chi connectivity index (χ1v) is 7.36. The van der Waals surface area contributed by atoms with Gasteiger partial charge >= 0.3 is 0 Å². The maximum Gasteiger partial charge on any atom is 0.161 e. The highest BCUT2D eigenvalue weighted by Gasteiger charge is 2.11. The van der Waals surface area contributed by atoms with Crippen LogP contribution in [0.15, 0.2) is 22.7 Å². The average molecular weight is 338 g/mol. The van der Waals surface area contributed by atoms with Gasteiger partial charge < -0.3 is 5.32 Å². The van der Waals surface area contributed by atoms with Crippen LogP contribution in [-0.2, 0) is 0 Å². The van der Waals surface area contributed by atoms with Crippen molar-refractivity contribution in [3.8, 4) is 11.4 Å². The second-order valence-electron chi connectivity index (χ2n) is 4.66. The van der Waals surface area contributed by atoms with E-state index in [1.807, 2.05) is 13.8 Å². The lowest BCUT2D eigenvalue weighted by molar-refractivity contribution is 0.621. The highest BCUT2D eigenvalue weighted by Crippen LogP contribution is 2.25. The molecule has 0 spiro atoms. The molecule has 0 aliphatic rings. The fourth-order valence-electron chi connectivity index (χ4n) is 1.81. The van der Waals surface area contributed by atoms with Crippen LogP contribution in [-0.4, -0.2) is 16.5 Å². The van der Waals surface area contributed by atoms with Gasteiger partial charge in [-0.25, -0.2) is 14.4 Å². The lowest BCUT2D eigenvalue weighted by atomic mass is 10.2. The molecule has 0 amide bonds. The minimum Gasteiger partial charge on any atom is -0.370 e. The lowest BCUT2D eigenvalue weighted by Gasteiger charge is -2.12. The molecule has 0 fully saturated rings. The van der Waals surface area contributed by atoms with E-state index in [9.17, 15) is 4.39 Å². The quantitative estimate of drug-likeness (QED) is 0.893. The molecule has 0 saturated carbocycles. The molecule has 1 heterocycles. The van der Waals surface area contributed by atoms with Gasteiger partial charge in [0.15, 0.2) is 5.82 Å². The number of nitrogens with zero attached hydrogens (tertiary/aromatic N) is 2. The number of nitrogens with one attached hydrogen (secondary N) is 1. The summed E-state index contributed by atoms with van der Waals surface area (Å²) in [5.74, 6) is 1.04. The van der Waals surface area contributed by atoms with E-state index in [2.05, 4.69) is 38.1 Å². The first kappa shape index (κ1) is 14.9. The summed E-state index contributed by atoms with van der Waals surface area (Å²) < 4.78 is 14.1. The van der Waals surface area contributed by atoms with Crippen LogP contribution in [0.5, 0.6) is 0 Å². The first-order valence-electron chi connectivity index (χ1n) is 6.57. The molecule has 0 aliphatic carbocycles. The Morgan fingerprint density at radius 3 is 2.65 bits per heavy atom. The third-order valence-corrected chi connectivity index (χ3v) is 3.75. The van der Waals surface area contributed by atoms with Crippen LogP contribution in [0.4, 0.5) is 10.2 Å². The fraction of sp³-hybridized carbons (Fsp3) is 0.333. The molecule has 0 bridgehead atoms. The predicted octanol–water partition coefficient (Wildman–Crippen LogP) is 4.48. The molecule has 1 N–H and O–H groups in total. The van der Waals surface area contributed by atoms with Gasteiger partial charge in [-0.05, 0) is 54.4 Å². The zero-order valence-corrected chi connectivity index (χ0v) is 13.4. The number of benzene rings is 1. The summed E-state index contributed by atoms with van der Waals surface area (Å²) >= 11 is 3.15. The molecule has 1 aromatic heterocycles. The Hall–Kier alpha value is -1.49. The molecule has 0 atom stereocenters. The van der Waals surface area contributed by atoms with Crippen LogP contribution in [0.2, 0.25) is 0 Å². The molecule has 106 valence electrons. The maximum atomic E-state index is 13.6.